The van der Waals surface area contributed by atoms with E-state index >= 15 is 0 Å². The number of aromatic nitrogens is 2. The van der Waals surface area contributed by atoms with Gasteiger partial charge in [0.25, 0.3) is 0 Å². The minimum absolute atomic E-state index is 0.108. The first-order valence-corrected chi connectivity index (χ1v) is 6.10. The number of hydrogen-bond donors (Lipinski definition) is 2. The van der Waals surface area contributed by atoms with Gasteiger partial charge in [0.05, 0.1) is 0 Å². The zero-order chi connectivity index (χ0) is 11.5. The molecule has 1 aromatic heterocycles. The zero-order valence-corrected chi connectivity index (χ0v) is 9.98. The summed E-state index contributed by atoms with van der Waals surface area (Å²) in [7, 11) is 0. The van der Waals surface area contributed by atoms with Crippen LogP contribution in [0, 0.1) is 4.64 Å². The Morgan fingerprint density at radius 2 is 2.19 bits per heavy atom. The van der Waals surface area contributed by atoms with Crippen molar-refractivity contribution in [2.24, 2.45) is 0 Å². The van der Waals surface area contributed by atoms with Gasteiger partial charge < -0.3 is 5.11 Å². The highest BCUT2D eigenvalue weighted by Gasteiger charge is 2.17. The van der Waals surface area contributed by atoms with Gasteiger partial charge >= 0.3 is 5.69 Å². The molecule has 2 N–H and O–H groups in total. The molecule has 0 atom stereocenters. The predicted molar refractivity (Wildman–Crippen MR) is 64.2 cm³/mol. The summed E-state index contributed by atoms with van der Waals surface area (Å²) in [5.41, 5.74) is 2.13. The Hall–Kier alpha value is -0.940. The van der Waals surface area contributed by atoms with Crippen molar-refractivity contribution in [3.8, 4) is 0 Å². The fourth-order valence-corrected chi connectivity index (χ4v) is 2.56. The van der Waals surface area contributed by atoms with Crippen LogP contribution in [0.15, 0.2) is 4.79 Å². The first-order valence-electron chi connectivity index (χ1n) is 5.70. The number of rotatable bonds is 4. The lowest BCUT2D eigenvalue weighted by atomic mass is 10.2. The fraction of sp³-hybridized carbons (Fsp3) is 0.636. The Morgan fingerprint density at radius 1 is 1.38 bits per heavy atom. The smallest absolute Gasteiger partial charge is 0.326 e. The van der Waals surface area contributed by atoms with Gasteiger partial charge in [0.15, 0.2) is 0 Å². The van der Waals surface area contributed by atoms with E-state index in [1.165, 1.54) is 0 Å². The molecule has 0 saturated heterocycles. The van der Waals surface area contributed by atoms with Crippen molar-refractivity contribution < 1.29 is 5.11 Å². The normalized spacial score (nSPS) is 14.1. The second-order valence-corrected chi connectivity index (χ2v) is 4.53. The molecule has 1 heterocycles. The first kappa shape index (κ1) is 11.5. The Bertz CT molecular complexity index is 490. The minimum Gasteiger partial charge on any atom is -0.396 e. The lowest BCUT2D eigenvalue weighted by Gasteiger charge is -2.11. The van der Waals surface area contributed by atoms with E-state index in [1.807, 2.05) is 0 Å². The SMILES string of the molecule is O=c1[nH]c(=S)c2c(n1CCCCO)CCC2. The summed E-state index contributed by atoms with van der Waals surface area (Å²) in [6.07, 6.45) is 4.56. The molecule has 0 aliphatic heterocycles. The van der Waals surface area contributed by atoms with Crippen LogP contribution in [0.25, 0.3) is 0 Å². The maximum atomic E-state index is 11.8. The number of nitrogens with zero attached hydrogens (tertiary/aromatic N) is 1. The second kappa shape index (κ2) is 4.93. The number of aliphatic hydroxyl groups is 1. The van der Waals surface area contributed by atoms with Crippen LogP contribution in [-0.4, -0.2) is 21.3 Å². The largest absolute Gasteiger partial charge is 0.396 e. The highest BCUT2D eigenvalue weighted by molar-refractivity contribution is 7.71. The van der Waals surface area contributed by atoms with Crippen LogP contribution in [-0.2, 0) is 19.4 Å². The molecule has 0 radical (unpaired) electrons. The topological polar surface area (TPSA) is 58.0 Å². The van der Waals surface area contributed by atoms with Gasteiger partial charge in [0, 0.05) is 24.4 Å². The van der Waals surface area contributed by atoms with Gasteiger partial charge in [-0.25, -0.2) is 4.79 Å². The van der Waals surface area contributed by atoms with Gasteiger partial charge in [-0.1, -0.05) is 12.2 Å². The summed E-state index contributed by atoms with van der Waals surface area (Å²) >= 11 is 5.15. The van der Waals surface area contributed by atoms with Crippen LogP contribution in [0.3, 0.4) is 0 Å². The van der Waals surface area contributed by atoms with Crippen LogP contribution in [0.1, 0.15) is 30.5 Å². The van der Waals surface area contributed by atoms with Crippen molar-refractivity contribution in [3.05, 3.63) is 26.4 Å². The van der Waals surface area contributed by atoms with Crippen molar-refractivity contribution in [2.45, 2.75) is 38.6 Å². The van der Waals surface area contributed by atoms with Gasteiger partial charge in [-0.15, -0.1) is 0 Å². The third-order valence-electron chi connectivity index (χ3n) is 3.04. The van der Waals surface area contributed by atoms with Gasteiger partial charge in [-0.2, -0.15) is 0 Å². The Kier molecular flexibility index (Phi) is 3.56. The van der Waals surface area contributed by atoms with E-state index in [1.54, 1.807) is 4.57 Å². The van der Waals surface area contributed by atoms with Crippen LogP contribution >= 0.6 is 12.2 Å². The number of aromatic amines is 1. The minimum atomic E-state index is -0.108. The van der Waals surface area contributed by atoms with E-state index in [4.69, 9.17) is 17.3 Å². The van der Waals surface area contributed by atoms with E-state index in [9.17, 15) is 4.79 Å². The maximum absolute atomic E-state index is 11.8. The molecular formula is C11H16N2O2S. The predicted octanol–water partition coefficient (Wildman–Crippen LogP) is 1.17. The van der Waals surface area contributed by atoms with Crippen LogP contribution in [0.2, 0.25) is 0 Å². The molecule has 1 aromatic rings. The molecule has 16 heavy (non-hydrogen) atoms. The van der Waals surface area contributed by atoms with Crippen molar-refractivity contribution >= 4 is 12.2 Å². The van der Waals surface area contributed by atoms with Gasteiger partial charge in [-0.3, -0.25) is 9.55 Å². The van der Waals surface area contributed by atoms with E-state index in [-0.39, 0.29) is 12.3 Å². The number of fused-ring (bicyclic) bond motifs is 1. The number of nitrogens with one attached hydrogen (secondary N) is 1. The third kappa shape index (κ3) is 2.10. The number of unbranched alkanes of at least 4 members (excludes halogenated alkanes) is 1. The maximum Gasteiger partial charge on any atom is 0.326 e. The summed E-state index contributed by atoms with van der Waals surface area (Å²) in [6.45, 7) is 0.855. The lowest BCUT2D eigenvalue weighted by Crippen LogP contribution is -2.26. The summed E-state index contributed by atoms with van der Waals surface area (Å²) in [5, 5.41) is 8.74. The van der Waals surface area contributed by atoms with Gasteiger partial charge in [-0.05, 0) is 32.1 Å². The monoisotopic (exact) mass is 240 g/mol. The Balaban J connectivity index is 2.34. The quantitative estimate of drug-likeness (QED) is 0.613. The number of aliphatic hydroxyl groups excluding tert-OH is 1. The molecule has 1 aliphatic rings. The molecule has 0 fully saturated rings. The average Bonchev–Trinajstić information content (AvgIpc) is 2.72. The molecule has 2 rings (SSSR count). The van der Waals surface area contributed by atoms with E-state index in [0.29, 0.717) is 11.2 Å². The molecule has 0 bridgehead atoms. The molecule has 1 aliphatic carbocycles. The van der Waals surface area contributed by atoms with Gasteiger partial charge in [0.1, 0.15) is 4.64 Å². The number of hydrogen-bond acceptors (Lipinski definition) is 3. The molecule has 0 saturated carbocycles. The average molecular weight is 240 g/mol. The highest BCUT2D eigenvalue weighted by Crippen LogP contribution is 2.20. The standard InChI is InChI=1S/C11H16N2O2S/c14-7-2-1-6-13-9-5-3-4-8(9)10(16)12-11(13)15/h14H,1-7H2,(H,12,15,16). The van der Waals surface area contributed by atoms with Crippen LogP contribution in [0.5, 0.6) is 0 Å². The highest BCUT2D eigenvalue weighted by atomic mass is 32.1. The fourth-order valence-electron chi connectivity index (χ4n) is 2.25. The molecule has 0 aromatic carbocycles. The molecule has 0 unspecified atom stereocenters. The molecule has 4 nitrogen and oxygen atoms in total. The summed E-state index contributed by atoms with van der Waals surface area (Å²) < 4.78 is 2.39. The number of H-pyrrole nitrogens is 1. The van der Waals surface area contributed by atoms with Crippen molar-refractivity contribution in [1.82, 2.24) is 9.55 Å². The van der Waals surface area contributed by atoms with Crippen LogP contribution < -0.4 is 5.69 Å². The van der Waals surface area contributed by atoms with Crippen LogP contribution in [0.4, 0.5) is 0 Å². The lowest BCUT2D eigenvalue weighted by molar-refractivity contribution is 0.280. The van der Waals surface area contributed by atoms with E-state index in [0.717, 1.165) is 43.4 Å². The molecule has 88 valence electrons. The zero-order valence-electron chi connectivity index (χ0n) is 9.16. The third-order valence-corrected chi connectivity index (χ3v) is 3.39. The molecular weight excluding hydrogens is 224 g/mol. The van der Waals surface area contributed by atoms with Crippen molar-refractivity contribution in [1.29, 1.82) is 0 Å². The first-order chi connectivity index (χ1) is 7.74. The summed E-state index contributed by atoms with van der Waals surface area (Å²) in [6, 6.07) is 0. The molecule has 0 amide bonds. The van der Waals surface area contributed by atoms with Gasteiger partial charge in [0.2, 0.25) is 0 Å². The Labute approximate surface area is 98.9 Å². The summed E-state index contributed by atoms with van der Waals surface area (Å²) in [5.74, 6) is 0. The summed E-state index contributed by atoms with van der Waals surface area (Å²) in [4.78, 5) is 14.5. The van der Waals surface area contributed by atoms with E-state index in [2.05, 4.69) is 4.98 Å². The molecule has 0 spiro atoms. The van der Waals surface area contributed by atoms with E-state index < -0.39 is 0 Å². The second-order valence-electron chi connectivity index (χ2n) is 4.12. The Morgan fingerprint density at radius 3 is 2.94 bits per heavy atom. The van der Waals surface area contributed by atoms with Crippen molar-refractivity contribution in [2.75, 3.05) is 6.61 Å². The van der Waals surface area contributed by atoms with Crippen molar-refractivity contribution in [3.63, 3.8) is 0 Å². The molecule has 5 heteroatoms.